The number of rotatable bonds is 5. The molecular formula is C15H21BrFN3S. The maximum Gasteiger partial charge on any atom is 0.137 e. The monoisotopic (exact) mass is 373 g/mol. The zero-order valence-electron chi connectivity index (χ0n) is 12.2. The Morgan fingerprint density at radius 1 is 1.38 bits per heavy atom. The van der Waals surface area contributed by atoms with Gasteiger partial charge in [-0.15, -0.1) is 0 Å². The highest BCUT2D eigenvalue weighted by Gasteiger charge is 2.24. The van der Waals surface area contributed by atoms with Crippen molar-refractivity contribution in [3.8, 4) is 0 Å². The fourth-order valence-corrected chi connectivity index (χ4v) is 3.49. The summed E-state index contributed by atoms with van der Waals surface area (Å²) in [4.78, 5) is 5.26. The molecule has 1 unspecified atom stereocenters. The van der Waals surface area contributed by atoms with Crippen LogP contribution in [0.5, 0.6) is 0 Å². The number of hydrogen-bond acceptors (Lipinski definition) is 3. The number of halogens is 2. The van der Waals surface area contributed by atoms with Crippen molar-refractivity contribution in [2.75, 3.05) is 26.2 Å². The van der Waals surface area contributed by atoms with Crippen LogP contribution in [0.25, 0.3) is 0 Å². The zero-order valence-corrected chi connectivity index (χ0v) is 14.6. The van der Waals surface area contributed by atoms with Gasteiger partial charge in [-0.2, -0.15) is 0 Å². The number of thiocarbonyl (C=S) groups is 1. The van der Waals surface area contributed by atoms with Crippen LogP contribution in [0.1, 0.15) is 18.9 Å². The lowest BCUT2D eigenvalue weighted by Gasteiger charge is -2.38. The van der Waals surface area contributed by atoms with Crippen LogP contribution in [-0.2, 0) is 6.54 Å². The van der Waals surface area contributed by atoms with E-state index in [1.165, 1.54) is 6.07 Å². The smallest absolute Gasteiger partial charge is 0.137 e. The lowest BCUT2D eigenvalue weighted by atomic mass is 10.1. The van der Waals surface area contributed by atoms with E-state index in [0.29, 0.717) is 9.46 Å². The van der Waals surface area contributed by atoms with Gasteiger partial charge in [-0.05, 0) is 34.0 Å². The molecule has 1 fully saturated rings. The number of nitrogens with zero attached hydrogens (tertiary/aromatic N) is 2. The summed E-state index contributed by atoms with van der Waals surface area (Å²) in [6, 6.07) is 5.39. The van der Waals surface area contributed by atoms with E-state index in [0.717, 1.165) is 44.7 Å². The minimum Gasteiger partial charge on any atom is -0.392 e. The van der Waals surface area contributed by atoms with Gasteiger partial charge in [-0.25, -0.2) is 4.39 Å². The molecule has 0 spiro atoms. The molecule has 21 heavy (non-hydrogen) atoms. The van der Waals surface area contributed by atoms with Gasteiger partial charge in [-0.1, -0.05) is 31.3 Å². The molecule has 0 aromatic heterocycles. The average molecular weight is 374 g/mol. The predicted molar refractivity (Wildman–Crippen MR) is 91.8 cm³/mol. The van der Waals surface area contributed by atoms with Crippen LogP contribution in [0.4, 0.5) is 4.39 Å². The van der Waals surface area contributed by atoms with Crippen molar-refractivity contribution < 1.29 is 4.39 Å². The second kappa shape index (κ2) is 7.63. The first-order valence-electron chi connectivity index (χ1n) is 7.21. The molecule has 1 saturated heterocycles. The van der Waals surface area contributed by atoms with Gasteiger partial charge in [-0.3, -0.25) is 9.80 Å². The molecule has 6 heteroatoms. The van der Waals surface area contributed by atoms with Gasteiger partial charge in [0.25, 0.3) is 0 Å². The summed E-state index contributed by atoms with van der Waals surface area (Å²) in [5, 5.41) is 0. The maximum atomic E-state index is 13.5. The lowest BCUT2D eigenvalue weighted by Crippen LogP contribution is -2.53. The first-order chi connectivity index (χ1) is 10.0. The Kier molecular flexibility index (Phi) is 6.10. The van der Waals surface area contributed by atoms with Gasteiger partial charge in [0.2, 0.25) is 0 Å². The Bertz CT molecular complexity index is 504. The topological polar surface area (TPSA) is 32.5 Å². The molecule has 0 radical (unpaired) electrons. The molecule has 116 valence electrons. The molecule has 0 saturated carbocycles. The molecule has 0 bridgehead atoms. The number of benzene rings is 1. The van der Waals surface area contributed by atoms with Gasteiger partial charge >= 0.3 is 0 Å². The van der Waals surface area contributed by atoms with Gasteiger partial charge in [0.15, 0.2) is 0 Å². The summed E-state index contributed by atoms with van der Waals surface area (Å²) in [5.74, 6) is -0.203. The first-order valence-corrected chi connectivity index (χ1v) is 8.41. The van der Waals surface area contributed by atoms with E-state index in [1.807, 2.05) is 6.07 Å². The molecule has 0 aliphatic carbocycles. The second-order valence-electron chi connectivity index (χ2n) is 5.35. The molecular weight excluding hydrogens is 353 g/mol. The van der Waals surface area contributed by atoms with Crippen molar-refractivity contribution >= 4 is 33.1 Å². The average Bonchev–Trinajstić information content (AvgIpc) is 2.46. The maximum absolute atomic E-state index is 13.5. The molecule has 1 aromatic rings. The van der Waals surface area contributed by atoms with E-state index < -0.39 is 0 Å². The van der Waals surface area contributed by atoms with Gasteiger partial charge < -0.3 is 5.73 Å². The van der Waals surface area contributed by atoms with Gasteiger partial charge in [0.1, 0.15) is 5.82 Å². The number of nitrogens with two attached hydrogens (primary N) is 1. The summed E-state index contributed by atoms with van der Waals surface area (Å²) < 4.78 is 14.1. The van der Waals surface area contributed by atoms with E-state index in [9.17, 15) is 4.39 Å². The second-order valence-corrected chi connectivity index (χ2v) is 6.62. The summed E-state index contributed by atoms with van der Waals surface area (Å²) in [5.41, 5.74) is 6.79. The normalized spacial score (nSPS) is 18.6. The fraction of sp³-hybridized carbons (Fsp3) is 0.533. The molecule has 2 N–H and O–H groups in total. The highest BCUT2D eigenvalue weighted by Crippen LogP contribution is 2.22. The highest BCUT2D eigenvalue weighted by atomic mass is 79.9. The van der Waals surface area contributed by atoms with Crippen molar-refractivity contribution in [3.05, 3.63) is 34.1 Å². The quantitative estimate of drug-likeness (QED) is 0.804. The fourth-order valence-electron chi connectivity index (χ4n) is 2.78. The van der Waals surface area contributed by atoms with Crippen molar-refractivity contribution in [3.63, 3.8) is 0 Å². The summed E-state index contributed by atoms with van der Waals surface area (Å²) in [6.07, 6.45) is 0.949. The molecule has 1 aromatic carbocycles. The van der Waals surface area contributed by atoms with E-state index in [4.69, 9.17) is 18.0 Å². The van der Waals surface area contributed by atoms with Gasteiger partial charge in [0, 0.05) is 32.7 Å². The van der Waals surface area contributed by atoms with Crippen LogP contribution in [0.15, 0.2) is 22.7 Å². The van der Waals surface area contributed by atoms with E-state index in [-0.39, 0.29) is 11.9 Å². The molecule has 0 amide bonds. The van der Waals surface area contributed by atoms with E-state index in [2.05, 4.69) is 32.7 Å². The van der Waals surface area contributed by atoms with Crippen LogP contribution in [0.3, 0.4) is 0 Å². The third kappa shape index (κ3) is 4.22. The molecule has 1 heterocycles. The van der Waals surface area contributed by atoms with Crippen LogP contribution in [-0.4, -0.2) is 47.0 Å². The van der Waals surface area contributed by atoms with Crippen molar-refractivity contribution in [2.24, 2.45) is 5.73 Å². The van der Waals surface area contributed by atoms with Crippen LogP contribution in [0.2, 0.25) is 0 Å². The Labute approximate surface area is 139 Å². The largest absolute Gasteiger partial charge is 0.392 e. The molecule has 1 aliphatic heterocycles. The molecule has 3 nitrogen and oxygen atoms in total. The van der Waals surface area contributed by atoms with Gasteiger partial charge in [0.05, 0.1) is 15.5 Å². The van der Waals surface area contributed by atoms with Crippen molar-refractivity contribution in [1.29, 1.82) is 0 Å². The Balaban J connectivity index is 1.92. The van der Waals surface area contributed by atoms with E-state index >= 15 is 0 Å². The zero-order chi connectivity index (χ0) is 15.4. The highest BCUT2D eigenvalue weighted by molar-refractivity contribution is 9.10. The lowest BCUT2D eigenvalue weighted by molar-refractivity contribution is 0.111. The third-order valence-electron chi connectivity index (χ3n) is 3.99. The Morgan fingerprint density at radius 3 is 2.62 bits per heavy atom. The number of piperazine rings is 1. The van der Waals surface area contributed by atoms with Crippen LogP contribution >= 0.6 is 28.1 Å². The predicted octanol–water partition coefficient (Wildman–Crippen LogP) is 2.77. The first kappa shape index (κ1) is 16.8. The van der Waals surface area contributed by atoms with E-state index in [1.54, 1.807) is 6.07 Å². The summed E-state index contributed by atoms with van der Waals surface area (Å²) >= 11 is 8.46. The molecule has 2 rings (SSSR count). The standard InChI is InChI=1S/C15H21BrFN3S/c1-2-13(15(18)21)20-8-6-19(7-9-20)10-11-4-3-5-12(17)14(11)16/h3-5,13H,2,6-10H2,1H3,(H2,18,21). The minimum absolute atomic E-state index is 0.197. The Morgan fingerprint density at radius 2 is 2.05 bits per heavy atom. The third-order valence-corrected chi connectivity index (χ3v) is 5.15. The van der Waals surface area contributed by atoms with Crippen LogP contribution < -0.4 is 5.73 Å². The number of hydrogen-bond donors (Lipinski definition) is 1. The summed E-state index contributed by atoms with van der Waals surface area (Å²) in [6.45, 7) is 6.66. The molecule has 1 aliphatic rings. The molecule has 1 atom stereocenters. The van der Waals surface area contributed by atoms with Crippen LogP contribution in [0, 0.1) is 5.82 Å². The summed E-state index contributed by atoms with van der Waals surface area (Å²) in [7, 11) is 0. The Hall–Kier alpha value is -0.560. The van der Waals surface area contributed by atoms with Crippen molar-refractivity contribution in [2.45, 2.75) is 25.9 Å². The SMILES string of the molecule is CCC(C(N)=S)N1CCN(Cc2cccc(F)c2Br)CC1. The van der Waals surface area contributed by atoms with Crippen molar-refractivity contribution in [1.82, 2.24) is 9.80 Å². The minimum atomic E-state index is -0.203.